The Labute approximate surface area is 482 Å². The van der Waals surface area contributed by atoms with Crippen molar-refractivity contribution in [3.05, 3.63) is 0 Å². The van der Waals surface area contributed by atoms with Crippen molar-refractivity contribution in [2.24, 2.45) is 0 Å². The lowest BCUT2D eigenvalue weighted by atomic mass is 10.0. The highest BCUT2D eigenvalue weighted by molar-refractivity contribution is 5.95. The highest BCUT2D eigenvalue weighted by Gasteiger charge is 2.08. The zero-order valence-corrected chi connectivity index (χ0v) is 52.6. The van der Waals surface area contributed by atoms with Gasteiger partial charge in [-0.25, -0.2) is 0 Å². The largest absolute Gasteiger partial charge is 0.465 e. The maximum Gasteiger partial charge on any atom is 0.313 e. The molecule has 0 aliphatic carbocycles. The van der Waals surface area contributed by atoms with Crippen LogP contribution in [0.4, 0.5) is 0 Å². The van der Waals surface area contributed by atoms with Gasteiger partial charge in [0.25, 0.3) is 0 Å². The monoisotopic (exact) mass is 1090 g/mol. The number of Topliss-reactive ketones (excluding diaryl/α,β-unsaturated/α-hetero) is 3. The van der Waals surface area contributed by atoms with E-state index in [-0.39, 0.29) is 71.9 Å². The van der Waals surface area contributed by atoms with Crippen molar-refractivity contribution in [3.63, 3.8) is 0 Å². The fourth-order valence-electron chi connectivity index (χ4n) is 9.27. The summed E-state index contributed by atoms with van der Waals surface area (Å²) < 4.78 is 15.0. The van der Waals surface area contributed by atoms with Gasteiger partial charge >= 0.3 is 17.9 Å². The van der Waals surface area contributed by atoms with E-state index in [1.807, 2.05) is 0 Å². The Hall–Kier alpha value is -2.05. The first-order valence-electron chi connectivity index (χ1n) is 32.4. The average Bonchev–Trinajstić information content (AvgIpc) is 3.36. The van der Waals surface area contributed by atoms with Crippen molar-refractivity contribution in [1.29, 1.82) is 0 Å². The number of rotatable bonds is 57. The Morgan fingerprint density at radius 3 is 0.447 bits per heavy atom. The highest BCUT2D eigenvalue weighted by Crippen LogP contribution is 2.17. The van der Waals surface area contributed by atoms with E-state index in [0.717, 1.165) is 38.5 Å². The molecule has 0 aromatic rings. The molecule has 0 spiro atoms. The molecule has 0 N–H and O–H groups in total. The zero-order chi connectivity index (χ0) is 55.8. The molecule has 10 heteroatoms. The van der Waals surface area contributed by atoms with Gasteiger partial charge in [-0.3, -0.25) is 28.8 Å². The molecule has 0 saturated heterocycles. The molecule has 3 radical (unpaired) electrons. The van der Waals surface area contributed by atoms with E-state index < -0.39 is 0 Å². The third-order valence-electron chi connectivity index (χ3n) is 14.0. The molecular weight excluding hydrogens is 964 g/mol. The van der Waals surface area contributed by atoms with E-state index in [9.17, 15) is 28.8 Å². The molecule has 0 aromatic heterocycles. The van der Waals surface area contributed by atoms with Gasteiger partial charge in [-0.1, -0.05) is 310 Å². The quantitative estimate of drug-likeness (QED) is 0.0192. The van der Waals surface area contributed by atoms with Crippen LogP contribution in [0.15, 0.2) is 0 Å². The van der Waals surface area contributed by atoms with Crippen molar-refractivity contribution in [2.45, 2.75) is 369 Å². The van der Waals surface area contributed by atoms with Gasteiger partial charge in [0.15, 0.2) is 0 Å². The van der Waals surface area contributed by atoms with E-state index in [1.54, 1.807) is 0 Å². The first kappa shape index (κ1) is 80.4. The van der Waals surface area contributed by atoms with Crippen LogP contribution in [0.3, 0.4) is 0 Å². The van der Waals surface area contributed by atoms with Gasteiger partial charge in [-0.15, -0.1) is 0 Å². The topological polar surface area (TPSA) is 130 Å². The second-order valence-corrected chi connectivity index (χ2v) is 22.2. The normalized spacial score (nSPS) is 10.7. The van der Waals surface area contributed by atoms with Crippen LogP contribution in [0, 0.1) is 0 Å². The highest BCUT2D eigenvalue weighted by atomic mass is 27.0. The van der Waals surface area contributed by atoms with Crippen molar-refractivity contribution in [1.82, 2.24) is 0 Å². The van der Waals surface area contributed by atoms with E-state index >= 15 is 0 Å². The molecule has 0 fully saturated rings. The van der Waals surface area contributed by atoms with Crippen LogP contribution in [0.1, 0.15) is 369 Å². The molecule has 0 aliphatic heterocycles. The van der Waals surface area contributed by atoms with Gasteiger partial charge < -0.3 is 14.2 Å². The fraction of sp³-hybridized carbons (Fsp3) is 0.909. The van der Waals surface area contributed by atoms with Crippen LogP contribution in [-0.2, 0) is 43.0 Å². The van der Waals surface area contributed by atoms with Gasteiger partial charge in [0, 0.05) is 17.4 Å². The molecule has 447 valence electrons. The van der Waals surface area contributed by atoms with Crippen molar-refractivity contribution in [3.8, 4) is 0 Å². The number of ether oxygens (including phenoxy) is 3. The van der Waals surface area contributed by atoms with Crippen molar-refractivity contribution in [2.75, 3.05) is 19.8 Å². The maximum atomic E-state index is 11.2. The summed E-state index contributed by atoms with van der Waals surface area (Å²) in [5.41, 5.74) is 0. The van der Waals surface area contributed by atoms with Crippen LogP contribution < -0.4 is 0 Å². The first-order chi connectivity index (χ1) is 36.5. The molecule has 9 nitrogen and oxygen atoms in total. The molecule has 0 bridgehead atoms. The summed E-state index contributed by atoms with van der Waals surface area (Å²) in [5.74, 6) is -1.53. The molecule has 0 saturated carbocycles. The van der Waals surface area contributed by atoms with Gasteiger partial charge in [-0.2, -0.15) is 0 Å². The molecule has 0 rings (SSSR count). The molecule has 0 aliphatic rings. The summed E-state index contributed by atoms with van der Waals surface area (Å²) >= 11 is 0. The third kappa shape index (κ3) is 80.8. The number of ketones is 3. The molecule has 0 unspecified atom stereocenters. The third-order valence-corrected chi connectivity index (χ3v) is 14.0. The number of esters is 3. The van der Waals surface area contributed by atoms with Gasteiger partial charge in [0.05, 0.1) is 19.8 Å². The van der Waals surface area contributed by atoms with Crippen molar-refractivity contribution >= 4 is 52.6 Å². The lowest BCUT2D eigenvalue weighted by molar-refractivity contribution is -0.147. The summed E-state index contributed by atoms with van der Waals surface area (Å²) in [5, 5.41) is 0. The first-order valence-corrected chi connectivity index (χ1v) is 32.4. The van der Waals surface area contributed by atoms with E-state index in [0.29, 0.717) is 19.8 Å². The number of carbonyl (C=O) groups excluding carboxylic acids is 6. The smallest absolute Gasteiger partial charge is 0.313 e. The van der Waals surface area contributed by atoms with E-state index in [2.05, 4.69) is 20.8 Å². The van der Waals surface area contributed by atoms with Crippen LogP contribution >= 0.6 is 0 Å². The fourth-order valence-corrected chi connectivity index (χ4v) is 9.27. The molecule has 0 atom stereocenters. The molecular formula is C66H126AlO9. The van der Waals surface area contributed by atoms with Crippen molar-refractivity contribution < 1.29 is 43.0 Å². The average molecular weight is 1090 g/mol. The predicted molar refractivity (Wildman–Crippen MR) is 323 cm³/mol. The Morgan fingerprint density at radius 1 is 0.211 bits per heavy atom. The Morgan fingerprint density at radius 2 is 0.329 bits per heavy atom. The molecule has 0 aromatic carbocycles. The second kappa shape index (κ2) is 71.0. The summed E-state index contributed by atoms with van der Waals surface area (Å²) in [6.07, 6.45) is 63.8. The minimum atomic E-state index is -0.381. The summed E-state index contributed by atoms with van der Waals surface area (Å²) in [6.45, 7) is 12.4. The van der Waals surface area contributed by atoms with Gasteiger partial charge in [0.2, 0.25) is 0 Å². The van der Waals surface area contributed by atoms with Crippen LogP contribution in [0.2, 0.25) is 0 Å². The Balaban J connectivity index is -0.000000508. The predicted octanol–water partition coefficient (Wildman–Crippen LogP) is 19.9. The Kier molecular flexibility index (Phi) is 75.1. The number of carbonyl (C=O) groups is 6. The summed E-state index contributed by atoms with van der Waals surface area (Å²) in [6, 6.07) is 0. The van der Waals surface area contributed by atoms with Gasteiger partial charge in [-0.05, 0) is 40.0 Å². The van der Waals surface area contributed by atoms with Crippen LogP contribution in [0.5, 0.6) is 0 Å². The Bertz CT molecular complexity index is 1090. The summed E-state index contributed by atoms with van der Waals surface area (Å²) in [4.78, 5) is 65.7. The van der Waals surface area contributed by atoms with Gasteiger partial charge in [0.1, 0.15) is 36.6 Å². The lowest BCUT2D eigenvalue weighted by Crippen LogP contribution is -2.09. The van der Waals surface area contributed by atoms with E-state index in [1.165, 1.54) is 290 Å². The molecule has 76 heavy (non-hydrogen) atoms. The van der Waals surface area contributed by atoms with E-state index in [4.69, 9.17) is 14.2 Å². The number of hydrogen-bond donors (Lipinski definition) is 0. The number of unbranched alkanes of at least 4 members (excludes halogenated alkanes) is 45. The second-order valence-electron chi connectivity index (χ2n) is 22.2. The lowest BCUT2D eigenvalue weighted by Gasteiger charge is -2.04. The molecule has 0 amide bonds. The van der Waals surface area contributed by atoms with Crippen LogP contribution in [-0.4, -0.2) is 72.4 Å². The minimum Gasteiger partial charge on any atom is -0.465 e. The SMILES string of the molecule is CCCCCCCCCCCCCCCCCCOC(=O)CC(C)=O.CCCCCCCCCCCCCCCCCCOC(=O)CC(C)=O.CCCCCCCCCCCCCCCCCCOC(=O)CC(C)=O.[Al]. The minimum absolute atomic E-state index is 0. The molecule has 0 heterocycles. The van der Waals surface area contributed by atoms with Crippen LogP contribution in [0.25, 0.3) is 0 Å². The maximum absolute atomic E-state index is 11.2. The number of hydrogen-bond acceptors (Lipinski definition) is 9. The summed E-state index contributed by atoms with van der Waals surface area (Å²) in [7, 11) is 0. The zero-order valence-electron chi connectivity index (χ0n) is 51.4. The standard InChI is InChI=1S/3C22H42O3.Al/c3*1-3-4-5-6-7-8-9-10-11-12-13-14-15-16-17-18-19-25-22(24)20-21(2)23;/h3*3-20H2,1-2H3;.